The Morgan fingerprint density at radius 2 is 2.03 bits per heavy atom. The van der Waals surface area contributed by atoms with E-state index in [0.717, 1.165) is 81.7 Å². The highest BCUT2D eigenvalue weighted by Gasteiger charge is 2.21. The van der Waals surface area contributed by atoms with E-state index in [9.17, 15) is 4.79 Å². The van der Waals surface area contributed by atoms with E-state index in [1.165, 1.54) is 11.1 Å². The molecule has 2 aromatic heterocycles. The molecule has 3 heterocycles. The number of nitrogens with zero attached hydrogens (tertiary/aromatic N) is 4. The first-order chi connectivity index (χ1) is 17.8. The van der Waals surface area contributed by atoms with Gasteiger partial charge < -0.3 is 10.1 Å². The highest BCUT2D eigenvalue weighted by molar-refractivity contribution is 6.04. The minimum absolute atomic E-state index is 0.188. The third kappa shape index (κ3) is 6.17. The van der Waals surface area contributed by atoms with Crippen LogP contribution in [0.3, 0.4) is 0 Å². The number of pyridine rings is 1. The predicted molar refractivity (Wildman–Crippen MR) is 141 cm³/mol. The average molecular weight is 485 g/mol. The summed E-state index contributed by atoms with van der Waals surface area (Å²) in [4.78, 5) is 28.0. The third-order valence-corrected chi connectivity index (χ3v) is 6.78. The molecule has 0 bridgehead atoms. The summed E-state index contributed by atoms with van der Waals surface area (Å²) in [6.45, 7) is 4.71. The largest absolute Gasteiger partial charge is 0.379 e. The number of hydrogen-bond donors (Lipinski definition) is 2. The number of nitrogens with one attached hydrogen (secondary N) is 2. The van der Waals surface area contributed by atoms with Crippen LogP contribution in [0, 0.1) is 11.8 Å². The quantitative estimate of drug-likeness (QED) is 0.387. The van der Waals surface area contributed by atoms with Gasteiger partial charge in [0.15, 0.2) is 0 Å². The van der Waals surface area contributed by atoms with E-state index < -0.39 is 0 Å². The fourth-order valence-corrected chi connectivity index (χ4v) is 4.88. The Labute approximate surface area is 211 Å². The lowest BCUT2D eigenvalue weighted by Gasteiger charge is -2.27. The topological polar surface area (TPSA) is 92.3 Å². The molecule has 186 valence electrons. The highest BCUT2D eigenvalue weighted by Crippen LogP contribution is 2.33. The number of aromatic nitrogens is 3. The molecule has 5 rings (SSSR count). The number of amides is 1. The Morgan fingerprint density at radius 3 is 2.94 bits per heavy atom. The standard InChI is InChI=1S/C28H32N6O2/c35-27(12-3-1-2-6-13-34-14-16-36-17-15-34)33-26-18-23-25(19-29-26)30-20-31-28(23)32-24-11-7-9-21-8-4-5-10-22(21)24/h4-5,8,10,18-20,24H,1-2,6-7,9,11,13-17H2,(H,29,33,35)(H,30,31,32). The van der Waals surface area contributed by atoms with E-state index in [2.05, 4.69) is 66.6 Å². The normalized spacial score (nSPS) is 17.6. The summed E-state index contributed by atoms with van der Waals surface area (Å²) in [5.41, 5.74) is 3.42. The number of carbonyl (C=O) groups excluding carboxylic acids is 1. The number of benzene rings is 1. The second kappa shape index (κ2) is 11.9. The number of aryl methyl sites for hydroxylation is 1. The van der Waals surface area contributed by atoms with Crippen molar-refractivity contribution in [2.45, 2.75) is 44.6 Å². The monoisotopic (exact) mass is 484 g/mol. The molecule has 2 aliphatic rings. The van der Waals surface area contributed by atoms with Crippen LogP contribution < -0.4 is 10.6 Å². The van der Waals surface area contributed by atoms with E-state index >= 15 is 0 Å². The van der Waals surface area contributed by atoms with Crippen molar-refractivity contribution in [3.8, 4) is 11.8 Å². The van der Waals surface area contributed by atoms with E-state index in [-0.39, 0.29) is 11.9 Å². The van der Waals surface area contributed by atoms with Crippen molar-refractivity contribution in [2.75, 3.05) is 43.5 Å². The third-order valence-electron chi connectivity index (χ3n) is 6.78. The Bertz CT molecular complexity index is 1260. The summed E-state index contributed by atoms with van der Waals surface area (Å²) in [6, 6.07) is 10.6. The fourth-order valence-electron chi connectivity index (χ4n) is 4.88. The van der Waals surface area contributed by atoms with Crippen LogP contribution >= 0.6 is 0 Å². The maximum Gasteiger partial charge on any atom is 0.301 e. The summed E-state index contributed by atoms with van der Waals surface area (Å²) in [6.07, 6.45) is 9.23. The van der Waals surface area contributed by atoms with Gasteiger partial charge in [-0.1, -0.05) is 30.2 Å². The van der Waals surface area contributed by atoms with Crippen molar-refractivity contribution >= 4 is 28.4 Å². The second-order valence-electron chi connectivity index (χ2n) is 9.26. The molecule has 0 saturated carbocycles. The van der Waals surface area contributed by atoms with Gasteiger partial charge in [0, 0.05) is 24.9 Å². The van der Waals surface area contributed by atoms with Gasteiger partial charge in [0.05, 0.1) is 31.0 Å². The molecule has 3 aromatic rings. The van der Waals surface area contributed by atoms with Gasteiger partial charge in [-0.25, -0.2) is 15.0 Å². The summed E-state index contributed by atoms with van der Waals surface area (Å²) >= 11 is 0. The molecule has 8 nitrogen and oxygen atoms in total. The lowest BCUT2D eigenvalue weighted by atomic mass is 9.88. The Morgan fingerprint density at radius 1 is 1.14 bits per heavy atom. The number of carbonyl (C=O) groups is 1. The Balaban J connectivity index is 1.19. The van der Waals surface area contributed by atoms with Gasteiger partial charge in [-0.3, -0.25) is 15.0 Å². The molecule has 36 heavy (non-hydrogen) atoms. The van der Waals surface area contributed by atoms with Crippen LogP contribution in [0.25, 0.3) is 10.9 Å². The molecule has 1 amide bonds. The number of fused-ring (bicyclic) bond motifs is 2. The molecule has 2 N–H and O–H groups in total. The first-order valence-electron chi connectivity index (χ1n) is 12.8. The van der Waals surface area contributed by atoms with Crippen LogP contribution in [0.1, 0.15) is 49.3 Å². The van der Waals surface area contributed by atoms with Gasteiger partial charge in [-0.2, -0.15) is 0 Å². The number of morpholine rings is 1. The maximum atomic E-state index is 12.4. The van der Waals surface area contributed by atoms with Crippen molar-refractivity contribution in [3.63, 3.8) is 0 Å². The molecule has 1 atom stereocenters. The lowest BCUT2D eigenvalue weighted by Crippen LogP contribution is -2.36. The maximum absolute atomic E-state index is 12.4. The van der Waals surface area contributed by atoms with Gasteiger partial charge >= 0.3 is 5.91 Å². The Kier molecular flexibility index (Phi) is 8.01. The molecule has 1 aliphatic carbocycles. The molecule has 1 aliphatic heterocycles. The van der Waals surface area contributed by atoms with Crippen LogP contribution in [0.4, 0.5) is 11.6 Å². The molecule has 0 spiro atoms. The van der Waals surface area contributed by atoms with Crippen molar-refractivity contribution in [3.05, 3.63) is 54.0 Å². The minimum Gasteiger partial charge on any atom is -0.379 e. The molecular weight excluding hydrogens is 452 g/mol. The van der Waals surface area contributed by atoms with Gasteiger partial charge in [0.1, 0.15) is 18.0 Å². The fraction of sp³-hybridized carbons (Fsp3) is 0.429. The zero-order valence-corrected chi connectivity index (χ0v) is 20.5. The van der Waals surface area contributed by atoms with E-state index in [1.54, 1.807) is 12.5 Å². The van der Waals surface area contributed by atoms with E-state index in [0.29, 0.717) is 12.2 Å². The molecule has 0 radical (unpaired) electrons. The predicted octanol–water partition coefficient (Wildman–Crippen LogP) is 3.96. The number of hydrogen-bond acceptors (Lipinski definition) is 7. The zero-order chi connectivity index (χ0) is 24.6. The average Bonchev–Trinajstić information content (AvgIpc) is 2.92. The Hall–Kier alpha value is -3.54. The summed E-state index contributed by atoms with van der Waals surface area (Å²) < 4.78 is 5.37. The zero-order valence-electron chi connectivity index (χ0n) is 20.5. The van der Waals surface area contributed by atoms with Gasteiger partial charge in [0.2, 0.25) is 0 Å². The van der Waals surface area contributed by atoms with E-state index in [1.807, 2.05) is 6.07 Å². The molecular formula is C28H32N6O2. The smallest absolute Gasteiger partial charge is 0.301 e. The number of unbranched alkanes of at least 4 members (excludes halogenated alkanes) is 2. The highest BCUT2D eigenvalue weighted by atomic mass is 16.5. The van der Waals surface area contributed by atoms with Gasteiger partial charge in [0.25, 0.3) is 0 Å². The summed E-state index contributed by atoms with van der Waals surface area (Å²) in [5.74, 6) is 6.50. The SMILES string of the molecule is O=C(C#CCCCCN1CCOCC1)Nc1cc2c(NC3CCCc4ccccc43)ncnc2cn1. The van der Waals surface area contributed by atoms with Crippen molar-refractivity contribution in [2.24, 2.45) is 0 Å². The van der Waals surface area contributed by atoms with Crippen LogP contribution in [0.15, 0.2) is 42.9 Å². The molecule has 1 saturated heterocycles. The van der Waals surface area contributed by atoms with Crippen LogP contribution in [0.5, 0.6) is 0 Å². The molecule has 1 unspecified atom stereocenters. The van der Waals surface area contributed by atoms with Crippen molar-refractivity contribution < 1.29 is 9.53 Å². The van der Waals surface area contributed by atoms with Crippen LogP contribution in [0.2, 0.25) is 0 Å². The minimum atomic E-state index is -0.359. The molecule has 1 aromatic carbocycles. The second-order valence-corrected chi connectivity index (χ2v) is 9.26. The van der Waals surface area contributed by atoms with Gasteiger partial charge in [-0.15, -0.1) is 0 Å². The summed E-state index contributed by atoms with van der Waals surface area (Å²) in [5, 5.41) is 7.22. The first-order valence-corrected chi connectivity index (χ1v) is 12.8. The van der Waals surface area contributed by atoms with Crippen LogP contribution in [-0.2, 0) is 16.0 Å². The molecule has 8 heteroatoms. The number of ether oxygens (including phenoxy) is 1. The first kappa shape index (κ1) is 24.2. The summed E-state index contributed by atoms with van der Waals surface area (Å²) in [7, 11) is 0. The van der Waals surface area contributed by atoms with Crippen molar-refractivity contribution in [1.29, 1.82) is 0 Å². The number of anilines is 2. The van der Waals surface area contributed by atoms with Crippen molar-refractivity contribution in [1.82, 2.24) is 19.9 Å². The van der Waals surface area contributed by atoms with Gasteiger partial charge in [-0.05, 0) is 61.8 Å². The van der Waals surface area contributed by atoms with E-state index in [4.69, 9.17) is 4.74 Å². The lowest BCUT2D eigenvalue weighted by molar-refractivity contribution is -0.111. The molecule has 1 fully saturated rings. The van der Waals surface area contributed by atoms with Crippen LogP contribution in [-0.4, -0.2) is 58.6 Å². The number of rotatable bonds is 7.